The minimum Gasteiger partial charge on any atom is -0.452 e. The molecule has 0 fully saturated rings. The summed E-state index contributed by atoms with van der Waals surface area (Å²) >= 11 is 0. The van der Waals surface area contributed by atoms with Gasteiger partial charge in [-0.3, -0.25) is 14.9 Å². The molecule has 1 N–H and O–H groups in total. The topological polar surface area (TPSA) is 112 Å². The fourth-order valence-corrected chi connectivity index (χ4v) is 1.92. The van der Waals surface area contributed by atoms with E-state index in [4.69, 9.17) is 9.15 Å². The summed E-state index contributed by atoms with van der Waals surface area (Å²) in [6, 6.07) is 8.13. The molecule has 0 aliphatic rings. The van der Waals surface area contributed by atoms with Crippen LogP contribution in [0.2, 0.25) is 0 Å². The van der Waals surface area contributed by atoms with Gasteiger partial charge in [-0.05, 0) is 43.2 Å². The number of nitrogens with zero attached hydrogens (tertiary/aromatic N) is 1. The van der Waals surface area contributed by atoms with Crippen molar-refractivity contribution in [2.75, 3.05) is 11.9 Å². The van der Waals surface area contributed by atoms with Gasteiger partial charge in [0.1, 0.15) is 10.7 Å². The third-order valence-electron chi connectivity index (χ3n) is 3.19. The first-order chi connectivity index (χ1) is 11.8. The predicted molar refractivity (Wildman–Crippen MR) is 89.9 cm³/mol. The van der Waals surface area contributed by atoms with Crippen LogP contribution in [0.15, 0.2) is 40.8 Å². The Labute approximate surface area is 143 Å². The summed E-state index contributed by atoms with van der Waals surface area (Å²) in [5.74, 6) is -1.54. The largest absolute Gasteiger partial charge is 0.452 e. The lowest BCUT2D eigenvalue weighted by Crippen LogP contribution is -2.20. The Morgan fingerprint density at radius 1 is 1.28 bits per heavy atom. The van der Waals surface area contributed by atoms with Gasteiger partial charge in [-0.25, -0.2) is 4.79 Å². The number of esters is 1. The normalized spacial score (nSPS) is 10.6. The molecule has 0 saturated carbocycles. The molecule has 2 aromatic rings. The van der Waals surface area contributed by atoms with Crippen LogP contribution in [0, 0.1) is 24.0 Å². The molecular formula is C17H16N2O6. The molecule has 0 spiro atoms. The van der Waals surface area contributed by atoms with E-state index in [9.17, 15) is 19.7 Å². The molecule has 0 bridgehead atoms. The van der Waals surface area contributed by atoms with E-state index in [2.05, 4.69) is 5.32 Å². The van der Waals surface area contributed by atoms with Crippen molar-refractivity contribution in [2.24, 2.45) is 0 Å². The summed E-state index contributed by atoms with van der Waals surface area (Å²) in [5, 5.41) is 13.1. The molecule has 1 aromatic carbocycles. The third kappa shape index (κ3) is 5.31. The maximum absolute atomic E-state index is 11.8. The van der Waals surface area contributed by atoms with Crippen LogP contribution in [-0.4, -0.2) is 23.4 Å². The number of ether oxygens (including phenoxy) is 1. The van der Waals surface area contributed by atoms with Crippen molar-refractivity contribution in [1.82, 2.24) is 0 Å². The molecule has 0 unspecified atom stereocenters. The van der Waals surface area contributed by atoms with E-state index in [0.717, 1.165) is 17.2 Å². The van der Waals surface area contributed by atoms with E-state index in [-0.39, 0.29) is 5.76 Å². The van der Waals surface area contributed by atoms with Crippen LogP contribution in [0.4, 0.5) is 11.6 Å². The number of rotatable bonds is 6. The van der Waals surface area contributed by atoms with Gasteiger partial charge in [0.25, 0.3) is 5.91 Å². The standard InChI is InChI=1S/C17H16N2O6/c1-11-3-4-12(2)14(9-11)18-15(20)10-24-17(21)8-6-13-5-7-16(25-13)19(22)23/h3-9H,10H2,1-2H3,(H,18,20)/b8-6+. The van der Waals surface area contributed by atoms with Gasteiger partial charge in [-0.2, -0.15) is 0 Å². The number of carbonyl (C=O) groups excluding carboxylic acids is 2. The number of furan rings is 1. The van der Waals surface area contributed by atoms with Crippen molar-refractivity contribution >= 4 is 29.5 Å². The monoisotopic (exact) mass is 344 g/mol. The highest BCUT2D eigenvalue weighted by Gasteiger charge is 2.11. The third-order valence-corrected chi connectivity index (χ3v) is 3.19. The Kier molecular flexibility index (Phi) is 5.67. The molecule has 0 aliphatic carbocycles. The van der Waals surface area contributed by atoms with Gasteiger partial charge >= 0.3 is 11.9 Å². The summed E-state index contributed by atoms with van der Waals surface area (Å²) in [5.41, 5.74) is 2.54. The molecule has 0 saturated heterocycles. The molecule has 130 valence electrons. The zero-order chi connectivity index (χ0) is 18.4. The van der Waals surface area contributed by atoms with Crippen molar-refractivity contribution < 1.29 is 23.7 Å². The van der Waals surface area contributed by atoms with Crippen molar-refractivity contribution in [3.63, 3.8) is 0 Å². The number of hydrogen-bond donors (Lipinski definition) is 1. The summed E-state index contributed by atoms with van der Waals surface area (Å²) < 4.78 is 9.66. The fraction of sp³-hybridized carbons (Fsp3) is 0.176. The molecular weight excluding hydrogens is 328 g/mol. The summed E-state index contributed by atoms with van der Waals surface area (Å²) in [6.45, 7) is 3.31. The average molecular weight is 344 g/mol. The summed E-state index contributed by atoms with van der Waals surface area (Å²) in [6.07, 6.45) is 2.24. The Bertz CT molecular complexity index is 837. The smallest absolute Gasteiger partial charge is 0.433 e. The Hall–Kier alpha value is -3.42. The number of anilines is 1. The number of carbonyl (C=O) groups is 2. The van der Waals surface area contributed by atoms with Gasteiger partial charge < -0.3 is 14.5 Å². The molecule has 0 radical (unpaired) electrons. The molecule has 25 heavy (non-hydrogen) atoms. The molecule has 1 amide bonds. The van der Waals surface area contributed by atoms with Crippen LogP contribution >= 0.6 is 0 Å². The van der Waals surface area contributed by atoms with Crippen LogP contribution in [0.3, 0.4) is 0 Å². The molecule has 0 aliphatic heterocycles. The van der Waals surface area contributed by atoms with Gasteiger partial charge in [0.15, 0.2) is 6.61 Å². The van der Waals surface area contributed by atoms with E-state index in [0.29, 0.717) is 5.69 Å². The van der Waals surface area contributed by atoms with E-state index in [1.54, 1.807) is 0 Å². The van der Waals surface area contributed by atoms with E-state index >= 15 is 0 Å². The first-order valence-electron chi connectivity index (χ1n) is 7.31. The lowest BCUT2D eigenvalue weighted by Gasteiger charge is -2.09. The predicted octanol–water partition coefficient (Wildman–Crippen LogP) is 3.00. The van der Waals surface area contributed by atoms with Crippen molar-refractivity contribution in [2.45, 2.75) is 13.8 Å². The van der Waals surface area contributed by atoms with Crippen LogP contribution in [0.1, 0.15) is 16.9 Å². The molecule has 2 rings (SSSR count). The van der Waals surface area contributed by atoms with Gasteiger partial charge in [0, 0.05) is 11.8 Å². The first kappa shape index (κ1) is 17.9. The lowest BCUT2D eigenvalue weighted by molar-refractivity contribution is -0.402. The fourth-order valence-electron chi connectivity index (χ4n) is 1.92. The highest BCUT2D eigenvalue weighted by atomic mass is 16.6. The minimum absolute atomic E-state index is 0.128. The molecule has 1 aromatic heterocycles. The van der Waals surface area contributed by atoms with Crippen molar-refractivity contribution in [1.29, 1.82) is 0 Å². The van der Waals surface area contributed by atoms with Gasteiger partial charge in [-0.15, -0.1) is 0 Å². The van der Waals surface area contributed by atoms with Gasteiger partial charge in [-0.1, -0.05) is 12.1 Å². The number of nitro groups is 1. The number of nitrogens with one attached hydrogen (secondary N) is 1. The molecule has 8 heteroatoms. The quantitative estimate of drug-likeness (QED) is 0.373. The highest BCUT2D eigenvalue weighted by molar-refractivity contribution is 5.95. The second-order valence-electron chi connectivity index (χ2n) is 5.24. The highest BCUT2D eigenvalue weighted by Crippen LogP contribution is 2.17. The average Bonchev–Trinajstić information content (AvgIpc) is 3.04. The summed E-state index contributed by atoms with van der Waals surface area (Å²) in [4.78, 5) is 33.2. The number of benzene rings is 1. The van der Waals surface area contributed by atoms with Gasteiger partial charge in [0.2, 0.25) is 0 Å². The summed E-state index contributed by atoms with van der Waals surface area (Å²) in [7, 11) is 0. The maximum atomic E-state index is 11.8. The second kappa shape index (κ2) is 7.91. The zero-order valence-corrected chi connectivity index (χ0v) is 13.6. The SMILES string of the molecule is Cc1ccc(C)c(NC(=O)COC(=O)/C=C/c2ccc([N+](=O)[O-])o2)c1. The van der Waals surface area contributed by atoms with Crippen molar-refractivity contribution in [3.8, 4) is 0 Å². The number of aryl methyl sites for hydroxylation is 2. The van der Waals surface area contributed by atoms with Crippen LogP contribution in [0.25, 0.3) is 6.08 Å². The molecule has 1 heterocycles. The zero-order valence-electron chi connectivity index (χ0n) is 13.6. The number of amides is 1. The second-order valence-corrected chi connectivity index (χ2v) is 5.24. The van der Waals surface area contributed by atoms with Crippen LogP contribution < -0.4 is 5.32 Å². The number of hydrogen-bond acceptors (Lipinski definition) is 6. The molecule has 8 nitrogen and oxygen atoms in total. The lowest BCUT2D eigenvalue weighted by atomic mass is 10.1. The maximum Gasteiger partial charge on any atom is 0.433 e. The first-order valence-corrected chi connectivity index (χ1v) is 7.31. The van der Waals surface area contributed by atoms with Crippen LogP contribution in [0.5, 0.6) is 0 Å². The Morgan fingerprint density at radius 3 is 2.72 bits per heavy atom. The van der Waals surface area contributed by atoms with Crippen molar-refractivity contribution in [3.05, 3.63) is 63.4 Å². The van der Waals surface area contributed by atoms with Gasteiger partial charge in [0.05, 0.1) is 6.07 Å². The molecule has 0 atom stereocenters. The van der Waals surface area contributed by atoms with E-state index < -0.39 is 29.3 Å². The van der Waals surface area contributed by atoms with Crippen LogP contribution in [-0.2, 0) is 14.3 Å². The van der Waals surface area contributed by atoms with E-state index in [1.807, 2.05) is 32.0 Å². The van der Waals surface area contributed by atoms with E-state index in [1.165, 1.54) is 18.2 Å². The minimum atomic E-state index is -0.768. The Balaban J connectivity index is 1.84. The Morgan fingerprint density at radius 2 is 2.04 bits per heavy atom.